The van der Waals surface area contributed by atoms with Crippen LogP contribution in [0.4, 0.5) is 11.4 Å². The summed E-state index contributed by atoms with van der Waals surface area (Å²) in [5.74, 6) is 0.600. The van der Waals surface area contributed by atoms with Crippen molar-refractivity contribution in [1.29, 1.82) is 0 Å². The van der Waals surface area contributed by atoms with E-state index in [0.29, 0.717) is 24.7 Å². The summed E-state index contributed by atoms with van der Waals surface area (Å²) >= 11 is 0. The number of benzene rings is 2. The topological polar surface area (TPSA) is 109 Å². The molecule has 0 spiro atoms. The molecule has 0 aliphatic carbocycles. The predicted octanol–water partition coefficient (Wildman–Crippen LogP) is 3.18. The summed E-state index contributed by atoms with van der Waals surface area (Å²) in [5, 5.41) is 0. The molecule has 0 saturated carbocycles. The van der Waals surface area contributed by atoms with Gasteiger partial charge in [-0.1, -0.05) is 18.2 Å². The second kappa shape index (κ2) is 10.2. The van der Waals surface area contributed by atoms with Crippen LogP contribution in [0, 0.1) is 0 Å². The number of nitrogens with zero attached hydrogens (tertiary/aromatic N) is 3. The second-order valence-corrected chi connectivity index (χ2v) is 12.2. The lowest BCUT2D eigenvalue weighted by molar-refractivity contribution is 0.164. The molecule has 0 atom stereocenters. The molecule has 2 heterocycles. The van der Waals surface area contributed by atoms with Crippen molar-refractivity contribution in [3.63, 3.8) is 0 Å². The molecule has 0 amide bonds. The molecule has 0 bridgehead atoms. The van der Waals surface area contributed by atoms with Gasteiger partial charge in [0.05, 0.1) is 21.2 Å². The Hall–Kier alpha value is -3.15. The molecule has 2 aromatic carbocycles. The van der Waals surface area contributed by atoms with E-state index < -0.39 is 20.0 Å². The molecule has 1 aliphatic heterocycles. The van der Waals surface area contributed by atoms with Gasteiger partial charge in [-0.25, -0.2) is 26.1 Å². The molecule has 35 heavy (non-hydrogen) atoms. The van der Waals surface area contributed by atoms with Crippen LogP contribution < -0.4 is 14.4 Å². The number of para-hydroxylation sites is 2. The maximum atomic E-state index is 13.1. The molecule has 11 heteroatoms. The number of piperidine rings is 1. The average molecular weight is 517 g/mol. The highest BCUT2D eigenvalue weighted by atomic mass is 32.2. The molecule has 3 aromatic rings. The average Bonchev–Trinajstić information content (AvgIpc) is 2.85. The van der Waals surface area contributed by atoms with Crippen molar-refractivity contribution >= 4 is 31.4 Å². The summed E-state index contributed by atoms with van der Waals surface area (Å²) in [6, 6.07) is 18.0. The zero-order chi connectivity index (χ0) is 25.1. The number of hydrogen-bond donors (Lipinski definition) is 1. The Labute approximate surface area is 206 Å². The van der Waals surface area contributed by atoms with E-state index in [4.69, 9.17) is 4.74 Å². The first kappa shape index (κ1) is 25.0. The van der Waals surface area contributed by atoms with Crippen LogP contribution in [0.1, 0.15) is 12.8 Å². The summed E-state index contributed by atoms with van der Waals surface area (Å²) < 4.78 is 60.4. The predicted molar refractivity (Wildman–Crippen MR) is 135 cm³/mol. The fourth-order valence-electron chi connectivity index (χ4n) is 3.84. The number of sulfonamides is 2. The van der Waals surface area contributed by atoms with Gasteiger partial charge in [0.1, 0.15) is 6.10 Å². The smallest absolute Gasteiger partial charge is 0.261 e. The maximum absolute atomic E-state index is 13.1. The van der Waals surface area contributed by atoms with Crippen molar-refractivity contribution in [3.8, 4) is 5.88 Å². The summed E-state index contributed by atoms with van der Waals surface area (Å²) in [7, 11) is -4.73. The van der Waals surface area contributed by atoms with E-state index in [0.717, 1.165) is 22.8 Å². The summed E-state index contributed by atoms with van der Waals surface area (Å²) in [4.78, 5) is 6.34. The van der Waals surface area contributed by atoms with E-state index in [1.54, 1.807) is 18.3 Å². The highest BCUT2D eigenvalue weighted by Gasteiger charge is 2.25. The van der Waals surface area contributed by atoms with Crippen LogP contribution in [0.25, 0.3) is 0 Å². The van der Waals surface area contributed by atoms with Gasteiger partial charge in [0.25, 0.3) is 10.0 Å². The van der Waals surface area contributed by atoms with E-state index in [1.807, 2.05) is 30.3 Å². The van der Waals surface area contributed by atoms with Gasteiger partial charge < -0.3 is 9.64 Å². The van der Waals surface area contributed by atoms with Crippen LogP contribution in [0.3, 0.4) is 0 Å². The number of nitrogens with one attached hydrogen (secondary N) is 1. The highest BCUT2D eigenvalue weighted by molar-refractivity contribution is 7.92. The first-order valence-electron chi connectivity index (χ1n) is 11.1. The Morgan fingerprint density at radius 3 is 2.14 bits per heavy atom. The van der Waals surface area contributed by atoms with Crippen molar-refractivity contribution in [1.82, 2.24) is 9.29 Å². The monoisotopic (exact) mass is 516 g/mol. The van der Waals surface area contributed by atoms with Crippen LogP contribution in [0.2, 0.25) is 0 Å². The van der Waals surface area contributed by atoms with E-state index in [-0.39, 0.29) is 15.9 Å². The largest absolute Gasteiger partial charge is 0.474 e. The first-order valence-corrected chi connectivity index (χ1v) is 14.1. The highest BCUT2D eigenvalue weighted by Crippen LogP contribution is 2.31. The molecule has 1 N–H and O–H groups in total. The fraction of sp³-hybridized carbons (Fsp3) is 0.292. The zero-order valence-electron chi connectivity index (χ0n) is 19.5. The number of rotatable bonds is 8. The summed E-state index contributed by atoms with van der Waals surface area (Å²) in [5.41, 5.74) is 1.24. The van der Waals surface area contributed by atoms with Crippen LogP contribution in [-0.4, -0.2) is 59.4 Å². The minimum atomic E-state index is -3.93. The SMILES string of the molecule is CN(C)S(=O)(=O)c1ccc(S(=O)(=O)Nc2ccccc2N2CCC(Oc3ccccn3)CC2)cc1. The molecular weight excluding hydrogens is 488 g/mol. The van der Waals surface area contributed by atoms with E-state index in [1.165, 1.54) is 38.4 Å². The quantitative estimate of drug-likeness (QED) is 0.490. The molecule has 1 aromatic heterocycles. The van der Waals surface area contributed by atoms with E-state index >= 15 is 0 Å². The molecule has 1 aliphatic rings. The van der Waals surface area contributed by atoms with Crippen molar-refractivity contribution in [2.45, 2.75) is 28.7 Å². The van der Waals surface area contributed by atoms with Gasteiger partial charge in [0, 0.05) is 52.3 Å². The Bertz CT molecular complexity index is 1350. The normalized spacial score (nSPS) is 15.2. The Kier molecular flexibility index (Phi) is 7.29. The number of hydrogen-bond acceptors (Lipinski definition) is 7. The first-order chi connectivity index (χ1) is 16.7. The number of pyridine rings is 1. The van der Waals surface area contributed by atoms with Gasteiger partial charge in [-0.2, -0.15) is 0 Å². The lowest BCUT2D eigenvalue weighted by atomic mass is 10.1. The van der Waals surface area contributed by atoms with Gasteiger partial charge in [-0.05, 0) is 42.5 Å². The molecule has 186 valence electrons. The lowest BCUT2D eigenvalue weighted by Gasteiger charge is -2.34. The number of aromatic nitrogens is 1. The van der Waals surface area contributed by atoms with E-state index in [9.17, 15) is 16.8 Å². The van der Waals surface area contributed by atoms with Gasteiger partial charge >= 0.3 is 0 Å². The van der Waals surface area contributed by atoms with Gasteiger partial charge in [0.2, 0.25) is 15.9 Å². The number of anilines is 2. The van der Waals surface area contributed by atoms with Crippen LogP contribution in [0.15, 0.2) is 82.7 Å². The molecule has 0 radical (unpaired) electrons. The van der Waals surface area contributed by atoms with Gasteiger partial charge in [-0.3, -0.25) is 4.72 Å². The minimum absolute atomic E-state index is 0.0209. The third kappa shape index (κ3) is 5.75. The maximum Gasteiger partial charge on any atom is 0.261 e. The zero-order valence-corrected chi connectivity index (χ0v) is 21.2. The van der Waals surface area contributed by atoms with Crippen LogP contribution in [-0.2, 0) is 20.0 Å². The molecular formula is C24H28N4O5S2. The fourth-order valence-corrected chi connectivity index (χ4v) is 5.82. The molecule has 4 rings (SSSR count). The standard InChI is InChI=1S/C24H28N4O5S2/c1-27(2)35(31,32)21-12-10-20(11-13-21)34(29,30)26-22-7-3-4-8-23(22)28-17-14-19(15-18-28)33-24-9-5-6-16-25-24/h3-13,16,19,26H,14-15,17-18H2,1-2H3. The van der Waals surface area contributed by atoms with E-state index in [2.05, 4.69) is 14.6 Å². The summed E-state index contributed by atoms with van der Waals surface area (Å²) in [6.45, 7) is 1.40. The third-order valence-corrected chi connectivity index (χ3v) is 8.98. The number of ether oxygens (including phenoxy) is 1. The molecule has 0 unspecified atom stereocenters. The van der Waals surface area contributed by atoms with Crippen LogP contribution in [0.5, 0.6) is 5.88 Å². The summed E-state index contributed by atoms with van der Waals surface area (Å²) in [6.07, 6.45) is 3.29. The van der Waals surface area contributed by atoms with Crippen molar-refractivity contribution < 1.29 is 21.6 Å². The van der Waals surface area contributed by atoms with Crippen molar-refractivity contribution in [2.24, 2.45) is 0 Å². The third-order valence-electron chi connectivity index (χ3n) is 5.77. The lowest BCUT2D eigenvalue weighted by Crippen LogP contribution is -2.38. The second-order valence-electron chi connectivity index (χ2n) is 8.35. The van der Waals surface area contributed by atoms with Gasteiger partial charge in [0.15, 0.2) is 0 Å². The van der Waals surface area contributed by atoms with Crippen LogP contribution >= 0.6 is 0 Å². The van der Waals surface area contributed by atoms with Crippen molar-refractivity contribution in [3.05, 3.63) is 72.9 Å². The molecule has 1 fully saturated rings. The Morgan fingerprint density at radius 1 is 0.886 bits per heavy atom. The molecule has 1 saturated heterocycles. The van der Waals surface area contributed by atoms with Crippen molar-refractivity contribution in [2.75, 3.05) is 36.8 Å². The Morgan fingerprint density at radius 2 is 1.51 bits per heavy atom. The Balaban J connectivity index is 1.47. The molecule has 9 nitrogen and oxygen atoms in total. The van der Waals surface area contributed by atoms with Gasteiger partial charge in [-0.15, -0.1) is 0 Å². The minimum Gasteiger partial charge on any atom is -0.474 e.